The lowest BCUT2D eigenvalue weighted by Gasteiger charge is -2.09. The molecule has 0 bridgehead atoms. The topological polar surface area (TPSA) is 23.8 Å². The summed E-state index contributed by atoms with van der Waals surface area (Å²) in [4.78, 5) is 0. The quantitative estimate of drug-likeness (QED) is 0.661. The summed E-state index contributed by atoms with van der Waals surface area (Å²) in [7, 11) is 0. The minimum absolute atomic E-state index is 0.562. The molecule has 0 amide bonds. The zero-order valence-electron chi connectivity index (χ0n) is 6.49. The summed E-state index contributed by atoms with van der Waals surface area (Å²) in [5, 5.41) is 8.40. The first-order chi connectivity index (χ1) is 6.38. The van der Waals surface area contributed by atoms with E-state index in [4.69, 9.17) is 5.26 Å². The molecule has 0 aliphatic carbocycles. The van der Waals surface area contributed by atoms with Crippen LogP contribution in [0.5, 0.6) is 0 Å². The van der Waals surface area contributed by atoms with Crippen LogP contribution in [0.1, 0.15) is 11.1 Å². The molecule has 0 fully saturated rings. The molecule has 1 rings (SSSR count). The number of alkyl halides is 3. The van der Waals surface area contributed by atoms with E-state index in [0.29, 0.717) is 12.1 Å². The average Bonchev–Trinajstić information content (AvgIpc) is 2.02. The van der Waals surface area contributed by atoms with E-state index >= 15 is 0 Å². The van der Waals surface area contributed by atoms with Gasteiger partial charge in [-0.3, -0.25) is 0 Å². The molecule has 0 atom stereocenters. The van der Waals surface area contributed by atoms with Gasteiger partial charge in [0.25, 0.3) is 0 Å². The van der Waals surface area contributed by atoms with E-state index in [0.717, 1.165) is 0 Å². The molecule has 0 aromatic heterocycles. The summed E-state index contributed by atoms with van der Waals surface area (Å²) in [5.74, 6) is -0.979. The lowest BCUT2D eigenvalue weighted by atomic mass is 10.1. The maximum atomic E-state index is 12.8. The highest BCUT2D eigenvalue weighted by molar-refractivity contribution is 9.10. The van der Waals surface area contributed by atoms with Crippen molar-refractivity contribution >= 4 is 15.9 Å². The van der Waals surface area contributed by atoms with Crippen LogP contribution in [0.25, 0.3) is 0 Å². The first-order valence-electron chi connectivity index (χ1n) is 3.33. The monoisotopic (exact) mass is 267 g/mol. The summed E-state index contributed by atoms with van der Waals surface area (Å²) in [5.41, 5.74) is -1.70. The van der Waals surface area contributed by atoms with Crippen molar-refractivity contribution in [1.29, 1.82) is 5.26 Å². The second-order valence-electron chi connectivity index (χ2n) is 2.39. The fourth-order valence-electron chi connectivity index (χ4n) is 0.874. The van der Waals surface area contributed by atoms with E-state index in [-0.39, 0.29) is 0 Å². The van der Waals surface area contributed by atoms with E-state index in [2.05, 4.69) is 15.9 Å². The lowest BCUT2D eigenvalue weighted by molar-refractivity contribution is -0.138. The van der Waals surface area contributed by atoms with Crippen LogP contribution in [0, 0.1) is 17.1 Å². The van der Waals surface area contributed by atoms with Crippen LogP contribution in [0.2, 0.25) is 0 Å². The molecule has 6 heteroatoms. The van der Waals surface area contributed by atoms with Crippen LogP contribution in [-0.4, -0.2) is 0 Å². The van der Waals surface area contributed by atoms with Crippen molar-refractivity contribution in [1.82, 2.24) is 0 Å². The number of nitriles is 1. The molecular weight excluding hydrogens is 266 g/mol. The second kappa shape index (κ2) is 3.58. The highest BCUT2D eigenvalue weighted by atomic mass is 79.9. The average molecular weight is 268 g/mol. The SMILES string of the molecule is N#Cc1c(F)ccc(C(F)(F)F)c1Br. The first-order valence-corrected chi connectivity index (χ1v) is 4.12. The Labute approximate surface area is 85.1 Å². The second-order valence-corrected chi connectivity index (χ2v) is 3.19. The Morgan fingerprint density at radius 2 is 1.86 bits per heavy atom. The zero-order valence-corrected chi connectivity index (χ0v) is 8.08. The molecular formula is C8H2BrF4N. The third kappa shape index (κ3) is 1.87. The summed E-state index contributed by atoms with van der Waals surface area (Å²) >= 11 is 2.55. The van der Waals surface area contributed by atoms with Gasteiger partial charge in [-0.2, -0.15) is 18.4 Å². The Morgan fingerprint density at radius 3 is 2.29 bits per heavy atom. The van der Waals surface area contributed by atoms with Gasteiger partial charge in [-0.15, -0.1) is 0 Å². The van der Waals surface area contributed by atoms with Gasteiger partial charge in [0.2, 0.25) is 0 Å². The van der Waals surface area contributed by atoms with Gasteiger partial charge in [-0.05, 0) is 28.1 Å². The largest absolute Gasteiger partial charge is 0.417 e. The molecule has 1 aromatic rings. The van der Waals surface area contributed by atoms with Gasteiger partial charge in [-0.1, -0.05) is 0 Å². The molecule has 74 valence electrons. The molecule has 0 unspecified atom stereocenters. The van der Waals surface area contributed by atoms with E-state index in [1.54, 1.807) is 0 Å². The van der Waals surface area contributed by atoms with Crippen LogP contribution in [0.4, 0.5) is 17.6 Å². The molecule has 0 radical (unpaired) electrons. The molecule has 0 aliphatic heterocycles. The van der Waals surface area contributed by atoms with E-state index in [1.807, 2.05) is 0 Å². The molecule has 0 N–H and O–H groups in total. The van der Waals surface area contributed by atoms with Crippen molar-refractivity contribution in [3.8, 4) is 6.07 Å². The predicted octanol–water partition coefficient (Wildman–Crippen LogP) is 3.48. The van der Waals surface area contributed by atoms with Gasteiger partial charge >= 0.3 is 6.18 Å². The van der Waals surface area contributed by atoms with Crippen molar-refractivity contribution in [2.45, 2.75) is 6.18 Å². The Morgan fingerprint density at radius 1 is 1.29 bits per heavy atom. The Hall–Kier alpha value is -1.09. The van der Waals surface area contributed by atoms with Gasteiger partial charge in [0.15, 0.2) is 0 Å². The van der Waals surface area contributed by atoms with Crippen molar-refractivity contribution in [3.63, 3.8) is 0 Å². The number of halogens is 5. The summed E-state index contributed by atoms with van der Waals surface area (Å²) in [6, 6.07) is 2.55. The molecule has 0 heterocycles. The van der Waals surface area contributed by atoms with Gasteiger partial charge in [0, 0.05) is 0 Å². The molecule has 0 spiro atoms. The summed E-state index contributed by atoms with van der Waals surface area (Å²) in [6.07, 6.45) is -4.60. The number of hydrogen-bond acceptors (Lipinski definition) is 1. The highest BCUT2D eigenvalue weighted by Crippen LogP contribution is 2.36. The maximum Gasteiger partial charge on any atom is 0.417 e. The van der Waals surface area contributed by atoms with Crippen LogP contribution < -0.4 is 0 Å². The van der Waals surface area contributed by atoms with Crippen molar-refractivity contribution in [2.24, 2.45) is 0 Å². The minimum atomic E-state index is -4.60. The Kier molecular flexibility index (Phi) is 2.81. The van der Waals surface area contributed by atoms with Crippen LogP contribution in [-0.2, 0) is 6.18 Å². The lowest BCUT2D eigenvalue weighted by Crippen LogP contribution is -2.07. The third-order valence-electron chi connectivity index (χ3n) is 1.51. The van der Waals surface area contributed by atoms with Crippen molar-refractivity contribution in [3.05, 3.63) is 33.5 Å². The number of nitrogens with zero attached hydrogens (tertiary/aromatic N) is 1. The van der Waals surface area contributed by atoms with Crippen LogP contribution in [0.3, 0.4) is 0 Å². The van der Waals surface area contributed by atoms with E-state index < -0.39 is 27.6 Å². The number of benzene rings is 1. The van der Waals surface area contributed by atoms with Crippen molar-refractivity contribution < 1.29 is 17.6 Å². The Bertz CT molecular complexity index is 405. The molecule has 0 saturated heterocycles. The minimum Gasteiger partial charge on any atom is -0.206 e. The molecule has 1 aromatic carbocycles. The molecule has 0 aliphatic rings. The number of rotatable bonds is 0. The fraction of sp³-hybridized carbons (Fsp3) is 0.125. The van der Waals surface area contributed by atoms with Gasteiger partial charge < -0.3 is 0 Å². The third-order valence-corrected chi connectivity index (χ3v) is 2.33. The Balaban J connectivity index is 3.46. The smallest absolute Gasteiger partial charge is 0.206 e. The van der Waals surface area contributed by atoms with E-state index in [9.17, 15) is 17.6 Å². The number of hydrogen-bond donors (Lipinski definition) is 0. The van der Waals surface area contributed by atoms with Gasteiger partial charge in [0.05, 0.1) is 10.0 Å². The molecule has 1 nitrogen and oxygen atoms in total. The van der Waals surface area contributed by atoms with Gasteiger partial charge in [-0.25, -0.2) is 4.39 Å². The first kappa shape index (κ1) is 11.0. The summed E-state index contributed by atoms with van der Waals surface area (Å²) < 4.78 is 48.9. The zero-order chi connectivity index (χ0) is 10.9. The van der Waals surface area contributed by atoms with Crippen LogP contribution >= 0.6 is 15.9 Å². The normalized spacial score (nSPS) is 11.1. The van der Waals surface area contributed by atoms with Crippen molar-refractivity contribution in [2.75, 3.05) is 0 Å². The predicted molar refractivity (Wildman–Crippen MR) is 43.8 cm³/mol. The summed E-state index contributed by atoms with van der Waals surface area (Å²) in [6.45, 7) is 0. The maximum absolute atomic E-state index is 12.8. The highest BCUT2D eigenvalue weighted by Gasteiger charge is 2.34. The molecule has 0 saturated carbocycles. The van der Waals surface area contributed by atoms with E-state index in [1.165, 1.54) is 6.07 Å². The van der Waals surface area contributed by atoms with Gasteiger partial charge in [0.1, 0.15) is 17.4 Å². The fourth-order valence-corrected chi connectivity index (χ4v) is 1.51. The van der Waals surface area contributed by atoms with Crippen LogP contribution in [0.15, 0.2) is 16.6 Å². The standard InChI is InChI=1S/C8H2BrF4N/c9-7-4(3-14)6(10)2-1-5(7)8(11,12)13/h1-2H. The molecule has 14 heavy (non-hydrogen) atoms.